The van der Waals surface area contributed by atoms with Gasteiger partial charge in [0.05, 0.1) is 0 Å². The summed E-state index contributed by atoms with van der Waals surface area (Å²) >= 11 is -1.81. The van der Waals surface area contributed by atoms with E-state index in [4.69, 9.17) is 17.6 Å². The summed E-state index contributed by atoms with van der Waals surface area (Å²) in [6.07, 6.45) is 0. The van der Waals surface area contributed by atoms with Crippen molar-refractivity contribution >= 4 is 5.97 Å². The molecular weight excluding hydrogens is 139 g/mol. The molecule has 0 unspecified atom stereocenters. The fourth-order valence-corrected chi connectivity index (χ4v) is 0. The van der Waals surface area contributed by atoms with Crippen molar-refractivity contribution in [2.24, 2.45) is 0 Å². The molecule has 1 N–H and O–H groups in total. The van der Waals surface area contributed by atoms with Crippen molar-refractivity contribution in [3.63, 3.8) is 0 Å². The van der Waals surface area contributed by atoms with Crippen molar-refractivity contribution in [3.05, 3.63) is 0 Å². The molecule has 0 aliphatic carbocycles. The number of hydrogen-bond acceptors (Lipinski definition) is 3. The first-order chi connectivity index (χ1) is 3.15. The van der Waals surface area contributed by atoms with Crippen molar-refractivity contribution in [2.45, 2.75) is 6.92 Å². The van der Waals surface area contributed by atoms with Gasteiger partial charge in [-0.3, -0.25) is 4.79 Å². The molecule has 0 aliphatic rings. The van der Waals surface area contributed by atoms with E-state index in [1.165, 1.54) is 0 Å². The van der Waals surface area contributed by atoms with Crippen LogP contribution in [0, 0.1) is 0 Å². The standard InChI is InChI=1S/C2H4O2.2O.V/c1-2(3)4;;;/h1H3,(H,3,4);;;/q;;-1;. The summed E-state index contributed by atoms with van der Waals surface area (Å²) in [5.74, 6) is -0.833. The van der Waals surface area contributed by atoms with Gasteiger partial charge in [-0.05, 0) is 0 Å². The molecule has 0 aliphatic heterocycles. The second-order valence-electron chi connectivity index (χ2n) is 0.594. The van der Waals surface area contributed by atoms with Gasteiger partial charge in [-0.15, -0.1) is 0 Å². The van der Waals surface area contributed by atoms with Crippen LogP contribution in [-0.4, -0.2) is 11.1 Å². The minimum absolute atomic E-state index is 0.833. The Morgan fingerprint density at radius 1 is 1.86 bits per heavy atom. The molecular formula is C2H4O4V-. The second kappa shape index (κ2) is 9.26. The quantitative estimate of drug-likeness (QED) is 0.461. The Kier molecular flexibility index (Phi) is 13.2. The van der Waals surface area contributed by atoms with Gasteiger partial charge in [0.25, 0.3) is 5.97 Å². The van der Waals surface area contributed by atoms with Crippen LogP contribution in [0.2, 0.25) is 0 Å². The monoisotopic (exact) mass is 143 g/mol. The number of carboxylic acid groups (broad SMARTS) is 1. The molecule has 0 atom stereocenters. The summed E-state index contributed by atoms with van der Waals surface area (Å²) in [5, 5.41) is 7.42. The topological polar surface area (TPSA) is 77.4 Å². The molecule has 42 valence electrons. The van der Waals surface area contributed by atoms with Gasteiger partial charge in [0.15, 0.2) is 0 Å². The summed E-state index contributed by atoms with van der Waals surface area (Å²) in [5.41, 5.74) is 0. The maximum absolute atomic E-state index is 9.00. The zero-order valence-corrected chi connectivity index (χ0v) is 5.02. The van der Waals surface area contributed by atoms with Crippen molar-refractivity contribution < 1.29 is 34.2 Å². The van der Waals surface area contributed by atoms with E-state index in [0.717, 1.165) is 6.92 Å². The van der Waals surface area contributed by atoms with Gasteiger partial charge in [0.2, 0.25) is 0 Å². The van der Waals surface area contributed by atoms with Gasteiger partial charge < -0.3 is 5.11 Å². The molecule has 7 heavy (non-hydrogen) atoms. The van der Waals surface area contributed by atoms with Crippen LogP contribution in [0.1, 0.15) is 6.92 Å². The summed E-state index contributed by atoms with van der Waals surface area (Å²) in [6, 6.07) is 0. The normalized spacial score (nSPS) is 5.43. The Balaban J connectivity index is 0. The minimum atomic E-state index is -1.81. The van der Waals surface area contributed by atoms with Gasteiger partial charge in [0.1, 0.15) is 0 Å². The van der Waals surface area contributed by atoms with E-state index in [-0.39, 0.29) is 0 Å². The van der Waals surface area contributed by atoms with Crippen molar-refractivity contribution in [2.75, 3.05) is 0 Å². The molecule has 0 saturated carbocycles. The summed E-state index contributed by atoms with van der Waals surface area (Å²) < 4.78 is 16.9. The molecule has 4 nitrogen and oxygen atoms in total. The van der Waals surface area contributed by atoms with Crippen LogP contribution in [0.3, 0.4) is 0 Å². The third-order valence-electron chi connectivity index (χ3n) is 0. The van der Waals surface area contributed by atoms with Crippen LogP contribution in [-0.2, 0) is 25.1 Å². The van der Waals surface area contributed by atoms with E-state index >= 15 is 0 Å². The number of hydrogen-bond donors (Lipinski definition) is 1. The molecule has 0 aromatic heterocycles. The first-order valence-corrected chi connectivity index (χ1v) is 2.43. The van der Waals surface area contributed by atoms with Crippen molar-refractivity contribution in [1.29, 1.82) is 0 Å². The van der Waals surface area contributed by atoms with Gasteiger partial charge >= 0.3 is 24.3 Å². The zero-order chi connectivity index (χ0) is 6.28. The number of carboxylic acids is 1. The fourth-order valence-electron chi connectivity index (χ4n) is 0. The van der Waals surface area contributed by atoms with Crippen LogP contribution in [0.4, 0.5) is 0 Å². The predicted octanol–water partition coefficient (Wildman–Crippen LogP) is -1.22. The number of rotatable bonds is 0. The molecule has 0 aromatic carbocycles. The average Bonchev–Trinajstić information content (AvgIpc) is 1.33. The SMILES string of the molecule is CC(=O)O.[O]=[V][O-]. The zero-order valence-electron chi connectivity index (χ0n) is 3.62. The molecule has 0 rings (SSSR count). The van der Waals surface area contributed by atoms with E-state index < -0.39 is 22.6 Å². The van der Waals surface area contributed by atoms with E-state index in [9.17, 15) is 0 Å². The Bertz CT molecular complexity index is 56.7. The van der Waals surface area contributed by atoms with Crippen LogP contribution in [0.25, 0.3) is 0 Å². The maximum atomic E-state index is 9.00. The van der Waals surface area contributed by atoms with Gasteiger partial charge in [-0.2, -0.15) is 0 Å². The van der Waals surface area contributed by atoms with Crippen molar-refractivity contribution in [1.82, 2.24) is 0 Å². The second-order valence-corrected chi connectivity index (χ2v) is 0.826. The summed E-state index contributed by atoms with van der Waals surface area (Å²) in [4.78, 5) is 9.00. The van der Waals surface area contributed by atoms with E-state index in [2.05, 4.69) is 0 Å². The fraction of sp³-hybridized carbons (Fsp3) is 0.500. The van der Waals surface area contributed by atoms with Gasteiger partial charge in [-0.25, -0.2) is 0 Å². The average molecular weight is 143 g/mol. The molecule has 0 fully saturated rings. The summed E-state index contributed by atoms with van der Waals surface area (Å²) in [7, 11) is 0. The van der Waals surface area contributed by atoms with E-state index in [0.29, 0.717) is 0 Å². The predicted molar refractivity (Wildman–Crippen MR) is 14.0 cm³/mol. The molecule has 0 saturated heterocycles. The van der Waals surface area contributed by atoms with Gasteiger partial charge in [0, 0.05) is 6.92 Å². The molecule has 0 heterocycles. The van der Waals surface area contributed by atoms with Crippen LogP contribution < -0.4 is 4.03 Å². The summed E-state index contributed by atoms with van der Waals surface area (Å²) in [6.45, 7) is 1.08. The molecule has 0 amide bonds. The van der Waals surface area contributed by atoms with E-state index in [1.54, 1.807) is 0 Å². The number of aliphatic carboxylic acids is 1. The molecule has 0 radical (unpaired) electrons. The molecule has 0 aromatic rings. The Morgan fingerprint density at radius 2 is 1.86 bits per heavy atom. The van der Waals surface area contributed by atoms with Crippen LogP contribution in [0.15, 0.2) is 0 Å². The van der Waals surface area contributed by atoms with E-state index in [1.807, 2.05) is 0 Å². The Hall–Kier alpha value is -0.186. The third-order valence-corrected chi connectivity index (χ3v) is 0. The van der Waals surface area contributed by atoms with Crippen molar-refractivity contribution in [3.8, 4) is 0 Å². The van der Waals surface area contributed by atoms with Crippen LogP contribution >= 0.6 is 0 Å². The van der Waals surface area contributed by atoms with Gasteiger partial charge in [-0.1, -0.05) is 0 Å². The molecule has 0 spiro atoms. The molecule has 5 heteroatoms. The Morgan fingerprint density at radius 3 is 1.86 bits per heavy atom. The number of carbonyl (C=O) groups is 1. The first-order valence-electron chi connectivity index (χ1n) is 1.29. The Labute approximate surface area is 47.8 Å². The third kappa shape index (κ3) is 2460. The first kappa shape index (κ1) is 9.94. The molecule has 0 bridgehead atoms. The van der Waals surface area contributed by atoms with Crippen LogP contribution in [0.5, 0.6) is 0 Å².